The number of hydrogen-bond acceptors (Lipinski definition) is 5. The van der Waals surface area contributed by atoms with Gasteiger partial charge in [-0.1, -0.05) is 97.1 Å². The van der Waals surface area contributed by atoms with Crippen LogP contribution in [-0.2, 0) is 47.7 Å². The number of rotatable bonds is 7. The second kappa shape index (κ2) is 11.9. The minimum absolute atomic E-state index is 0.174. The van der Waals surface area contributed by atoms with Crippen molar-refractivity contribution in [2.75, 3.05) is 5.32 Å². The molecule has 8 nitrogen and oxygen atoms in total. The molecule has 49 heavy (non-hydrogen) atoms. The Morgan fingerprint density at radius 2 is 1.53 bits per heavy atom. The Hall–Kier alpha value is -4.96. The molecule has 0 spiro atoms. The fraction of sp³-hybridized carbons (Fsp3) is 0.282. The van der Waals surface area contributed by atoms with Crippen molar-refractivity contribution in [3.8, 4) is 5.88 Å². The first-order chi connectivity index (χ1) is 23.7. The van der Waals surface area contributed by atoms with Crippen LogP contribution in [0.3, 0.4) is 0 Å². The minimum Gasteiger partial charge on any atom is -0.469 e. The average molecular weight is 676 g/mol. The van der Waals surface area contributed by atoms with Crippen LogP contribution in [0.5, 0.6) is 5.88 Å². The number of carbonyl (C=O) groups excluding carboxylic acids is 1. The van der Waals surface area contributed by atoms with Crippen molar-refractivity contribution >= 4 is 21.6 Å². The van der Waals surface area contributed by atoms with E-state index in [1.807, 2.05) is 105 Å². The highest BCUT2D eigenvalue weighted by molar-refractivity contribution is 7.92. The molecular weight excluding hydrogens is 638 g/mol. The standard InChI is InChI=1S/C39H38FN5O3S/c1-38(2)25-45-36(48-38)34(24-41-45)49(47,43-37(46)42-35-32-20-12-13-26(32)21-27-22-31(40)23-33(27)35)44-39(28-14-6-3-7-15-28,29-16-8-4-9-17-29)30-18-10-5-11-19-30/h3-11,14-19,21,24,31H,12-13,20,22-23,25H2,1-2H3,(H2,42,43,44,46,47)/t31-,49?/m0/s1. The maximum atomic E-state index is 15.9. The number of benzene rings is 4. The van der Waals surface area contributed by atoms with Gasteiger partial charge < -0.3 is 10.1 Å². The van der Waals surface area contributed by atoms with E-state index in [1.54, 1.807) is 4.68 Å². The second-order valence-corrected chi connectivity index (χ2v) is 15.6. The van der Waals surface area contributed by atoms with Gasteiger partial charge in [0.05, 0.1) is 12.7 Å². The number of urea groups is 1. The zero-order valence-corrected chi connectivity index (χ0v) is 28.3. The second-order valence-electron chi connectivity index (χ2n) is 13.7. The third-order valence-corrected chi connectivity index (χ3v) is 11.6. The van der Waals surface area contributed by atoms with E-state index < -0.39 is 33.3 Å². The zero-order valence-electron chi connectivity index (χ0n) is 27.5. The number of aromatic nitrogens is 2. The molecule has 0 radical (unpaired) electrons. The maximum Gasteiger partial charge on any atom is 0.331 e. The average Bonchev–Trinajstić information content (AvgIpc) is 3.87. The maximum absolute atomic E-state index is 15.9. The number of amides is 2. The molecule has 5 aromatic rings. The van der Waals surface area contributed by atoms with E-state index in [0.717, 1.165) is 58.2 Å². The lowest BCUT2D eigenvalue weighted by molar-refractivity contribution is 0.132. The molecular formula is C39H38FN5O3S. The molecule has 1 aromatic heterocycles. The molecule has 2 amide bonds. The van der Waals surface area contributed by atoms with Crippen LogP contribution in [0.4, 0.5) is 14.9 Å². The van der Waals surface area contributed by atoms with E-state index >= 15 is 4.21 Å². The highest BCUT2D eigenvalue weighted by atomic mass is 32.2. The van der Waals surface area contributed by atoms with E-state index in [1.165, 1.54) is 6.20 Å². The van der Waals surface area contributed by atoms with Gasteiger partial charge in [-0.25, -0.2) is 22.8 Å². The lowest BCUT2D eigenvalue weighted by atomic mass is 9.78. The number of nitrogens with one attached hydrogen (secondary N) is 2. The Balaban J connectivity index is 1.34. The van der Waals surface area contributed by atoms with Gasteiger partial charge in [-0.15, -0.1) is 0 Å². The molecule has 2 heterocycles. The Bertz CT molecular complexity index is 2080. The summed E-state index contributed by atoms with van der Waals surface area (Å²) in [6.45, 7) is 4.31. The molecule has 250 valence electrons. The highest BCUT2D eigenvalue weighted by Gasteiger charge is 2.42. The Morgan fingerprint density at radius 3 is 2.14 bits per heavy atom. The van der Waals surface area contributed by atoms with Crippen molar-refractivity contribution in [3.05, 3.63) is 142 Å². The summed E-state index contributed by atoms with van der Waals surface area (Å²) in [5.74, 6) is 0.295. The van der Waals surface area contributed by atoms with Gasteiger partial charge in [0.1, 0.15) is 22.2 Å². The largest absolute Gasteiger partial charge is 0.469 e. The van der Waals surface area contributed by atoms with Gasteiger partial charge in [0.2, 0.25) is 5.88 Å². The van der Waals surface area contributed by atoms with E-state index in [2.05, 4.69) is 21.2 Å². The molecule has 1 unspecified atom stereocenters. The first-order valence-corrected chi connectivity index (χ1v) is 18.3. The van der Waals surface area contributed by atoms with Gasteiger partial charge in [0, 0.05) is 18.5 Å². The third-order valence-electron chi connectivity index (χ3n) is 9.74. The van der Waals surface area contributed by atoms with Crippen LogP contribution in [0.15, 0.2) is 113 Å². The fourth-order valence-corrected chi connectivity index (χ4v) is 9.48. The summed E-state index contributed by atoms with van der Waals surface area (Å²) in [6.07, 6.45) is 3.67. The number of anilines is 1. The lowest BCUT2D eigenvalue weighted by Gasteiger charge is -2.33. The summed E-state index contributed by atoms with van der Waals surface area (Å²) < 4.78 is 46.8. The summed E-state index contributed by atoms with van der Waals surface area (Å²) in [6, 6.07) is 30.4. The molecule has 0 bridgehead atoms. The molecule has 0 saturated carbocycles. The molecule has 0 saturated heterocycles. The van der Waals surface area contributed by atoms with Crippen molar-refractivity contribution in [1.82, 2.24) is 14.5 Å². The van der Waals surface area contributed by atoms with E-state index in [4.69, 9.17) is 9.10 Å². The van der Waals surface area contributed by atoms with Crippen LogP contribution in [0.25, 0.3) is 0 Å². The lowest BCUT2D eigenvalue weighted by Crippen LogP contribution is -2.38. The SMILES string of the molecule is CC1(C)Cn2ncc(S(=O)(=NC(c3ccccc3)(c3ccccc3)c3ccccc3)NC(=O)Nc3c4c(cc5c3C[C@@H](F)C5)CCC4)c2O1. The molecule has 8 rings (SSSR count). The number of carbonyl (C=O) groups is 1. The number of fused-ring (bicyclic) bond motifs is 3. The molecule has 0 fully saturated rings. The van der Waals surface area contributed by atoms with Crippen molar-refractivity contribution in [2.24, 2.45) is 4.36 Å². The summed E-state index contributed by atoms with van der Waals surface area (Å²) in [5, 5.41) is 7.59. The summed E-state index contributed by atoms with van der Waals surface area (Å²) in [4.78, 5) is 14.5. The molecule has 2 N–H and O–H groups in total. The van der Waals surface area contributed by atoms with Gasteiger partial charge in [0.15, 0.2) is 9.92 Å². The normalized spacial score (nSPS) is 18.5. The van der Waals surface area contributed by atoms with Gasteiger partial charge >= 0.3 is 6.03 Å². The first kappa shape index (κ1) is 31.3. The smallest absolute Gasteiger partial charge is 0.331 e. The van der Waals surface area contributed by atoms with Crippen LogP contribution >= 0.6 is 0 Å². The fourth-order valence-electron chi connectivity index (χ4n) is 7.65. The van der Waals surface area contributed by atoms with E-state index in [-0.39, 0.29) is 11.3 Å². The van der Waals surface area contributed by atoms with Gasteiger partial charge in [0.25, 0.3) is 0 Å². The van der Waals surface area contributed by atoms with Gasteiger partial charge in [-0.05, 0) is 72.1 Å². The number of halogens is 1. The summed E-state index contributed by atoms with van der Waals surface area (Å²) in [7, 11) is -3.88. The Morgan fingerprint density at radius 1 is 0.918 bits per heavy atom. The van der Waals surface area contributed by atoms with Crippen molar-refractivity contribution in [2.45, 2.75) is 74.7 Å². The molecule has 4 aromatic carbocycles. The number of hydrogen-bond donors (Lipinski definition) is 2. The summed E-state index contributed by atoms with van der Waals surface area (Å²) >= 11 is 0. The number of alkyl halides is 1. The zero-order chi connectivity index (χ0) is 33.8. The highest BCUT2D eigenvalue weighted by Crippen LogP contribution is 2.44. The van der Waals surface area contributed by atoms with Crippen LogP contribution in [0.1, 0.15) is 59.2 Å². The van der Waals surface area contributed by atoms with Crippen LogP contribution < -0.4 is 14.8 Å². The molecule has 10 heteroatoms. The predicted molar refractivity (Wildman–Crippen MR) is 188 cm³/mol. The predicted octanol–water partition coefficient (Wildman–Crippen LogP) is 7.54. The van der Waals surface area contributed by atoms with Crippen molar-refractivity contribution in [1.29, 1.82) is 0 Å². The molecule has 2 atom stereocenters. The molecule has 3 aliphatic rings. The summed E-state index contributed by atoms with van der Waals surface area (Å²) in [5.41, 5.74) is 4.89. The number of ether oxygens (including phenoxy) is 1. The van der Waals surface area contributed by atoms with Crippen molar-refractivity contribution in [3.63, 3.8) is 0 Å². The Labute approximate surface area is 286 Å². The first-order valence-electron chi connectivity index (χ1n) is 16.7. The number of nitrogens with zero attached hydrogens (tertiary/aromatic N) is 3. The van der Waals surface area contributed by atoms with Crippen molar-refractivity contribution < 1.29 is 18.1 Å². The van der Waals surface area contributed by atoms with Crippen LogP contribution in [0.2, 0.25) is 0 Å². The molecule has 1 aliphatic heterocycles. The van der Waals surface area contributed by atoms with Crippen LogP contribution in [0, 0.1) is 0 Å². The topological polar surface area (TPSA) is 97.6 Å². The third kappa shape index (κ3) is 5.48. The minimum atomic E-state index is -3.88. The van der Waals surface area contributed by atoms with E-state index in [9.17, 15) is 9.18 Å². The van der Waals surface area contributed by atoms with Crippen LogP contribution in [-0.4, -0.2) is 31.8 Å². The van der Waals surface area contributed by atoms with E-state index in [0.29, 0.717) is 24.5 Å². The van der Waals surface area contributed by atoms with Gasteiger partial charge in [-0.2, -0.15) is 9.46 Å². The monoisotopic (exact) mass is 675 g/mol. The van der Waals surface area contributed by atoms with Gasteiger partial charge in [-0.3, -0.25) is 0 Å². The molecule has 2 aliphatic carbocycles. The number of aryl methyl sites for hydroxylation is 1. The Kier molecular flexibility index (Phi) is 7.59. The quantitative estimate of drug-likeness (QED) is 0.174.